The number of hydrogen-bond acceptors (Lipinski definition) is 6. The fourth-order valence-electron chi connectivity index (χ4n) is 3.12. The first-order valence-corrected chi connectivity index (χ1v) is 8.72. The molecule has 3 heterocycles. The fraction of sp³-hybridized carbons (Fsp3) is 0.333. The van der Waals surface area contributed by atoms with E-state index in [9.17, 15) is 4.79 Å². The normalized spacial score (nSPS) is 14.9. The van der Waals surface area contributed by atoms with Crippen LogP contribution in [0.4, 0.5) is 5.69 Å². The number of H-pyrrole nitrogens is 2. The zero-order valence-corrected chi connectivity index (χ0v) is 14.7. The molecule has 1 aromatic carbocycles. The van der Waals surface area contributed by atoms with Crippen molar-refractivity contribution in [2.75, 3.05) is 31.6 Å². The molecule has 0 radical (unpaired) electrons. The number of nitrogens with one attached hydrogen (secondary N) is 3. The molecule has 1 amide bonds. The molecule has 1 fully saturated rings. The third kappa shape index (κ3) is 3.81. The number of aromatic nitrogens is 4. The van der Waals surface area contributed by atoms with E-state index in [1.807, 2.05) is 12.1 Å². The topological polar surface area (TPSA) is 123 Å². The summed E-state index contributed by atoms with van der Waals surface area (Å²) < 4.78 is 5.39. The Morgan fingerprint density at radius 1 is 1.37 bits per heavy atom. The SMILES string of the molecule is N#CCC(=O)Nc1cn[nH]c1-c1nc2ccc(CN3CCOCC3)cc2[nH]1. The second-order valence-electron chi connectivity index (χ2n) is 6.37. The quantitative estimate of drug-likeness (QED) is 0.632. The van der Waals surface area contributed by atoms with Crippen molar-refractivity contribution in [2.24, 2.45) is 0 Å². The van der Waals surface area contributed by atoms with Gasteiger partial charge in [-0.25, -0.2) is 4.98 Å². The zero-order valence-electron chi connectivity index (χ0n) is 14.7. The lowest BCUT2D eigenvalue weighted by Crippen LogP contribution is -2.35. The van der Waals surface area contributed by atoms with Gasteiger partial charge in [0.2, 0.25) is 5.91 Å². The molecule has 3 aromatic rings. The van der Waals surface area contributed by atoms with Crippen molar-refractivity contribution in [3.8, 4) is 17.6 Å². The van der Waals surface area contributed by atoms with Gasteiger partial charge in [-0.3, -0.25) is 14.8 Å². The first-order valence-electron chi connectivity index (χ1n) is 8.72. The maximum atomic E-state index is 11.7. The molecule has 0 atom stereocenters. The van der Waals surface area contributed by atoms with Crippen LogP contribution in [0.25, 0.3) is 22.6 Å². The number of nitriles is 1. The molecule has 0 saturated carbocycles. The van der Waals surface area contributed by atoms with E-state index < -0.39 is 0 Å². The molecule has 2 aromatic heterocycles. The number of rotatable bonds is 5. The van der Waals surface area contributed by atoms with E-state index in [-0.39, 0.29) is 12.3 Å². The Bertz CT molecular complexity index is 995. The Balaban J connectivity index is 1.56. The number of aromatic amines is 2. The maximum absolute atomic E-state index is 11.7. The summed E-state index contributed by atoms with van der Waals surface area (Å²) in [6.45, 7) is 4.29. The highest BCUT2D eigenvalue weighted by atomic mass is 16.5. The summed E-state index contributed by atoms with van der Waals surface area (Å²) in [5.74, 6) is 0.197. The van der Waals surface area contributed by atoms with Gasteiger partial charge >= 0.3 is 0 Å². The monoisotopic (exact) mass is 365 g/mol. The Kier molecular flexibility index (Phi) is 4.82. The number of hydrogen-bond donors (Lipinski definition) is 3. The van der Waals surface area contributed by atoms with Crippen LogP contribution in [0.3, 0.4) is 0 Å². The van der Waals surface area contributed by atoms with E-state index in [0.717, 1.165) is 43.9 Å². The predicted octanol–water partition coefficient (Wildman–Crippen LogP) is 1.64. The molecule has 9 nitrogen and oxygen atoms in total. The van der Waals surface area contributed by atoms with Gasteiger partial charge in [0.15, 0.2) is 5.82 Å². The number of anilines is 1. The number of fused-ring (bicyclic) bond motifs is 1. The van der Waals surface area contributed by atoms with Gasteiger partial charge in [-0.15, -0.1) is 0 Å². The number of benzene rings is 1. The molecule has 0 spiro atoms. The molecule has 0 aliphatic carbocycles. The van der Waals surface area contributed by atoms with Gasteiger partial charge < -0.3 is 15.0 Å². The number of amides is 1. The van der Waals surface area contributed by atoms with Crippen LogP contribution in [-0.2, 0) is 16.1 Å². The summed E-state index contributed by atoms with van der Waals surface area (Å²) >= 11 is 0. The second kappa shape index (κ2) is 7.57. The van der Waals surface area contributed by atoms with Crippen LogP contribution in [0.2, 0.25) is 0 Å². The Morgan fingerprint density at radius 3 is 3.04 bits per heavy atom. The van der Waals surface area contributed by atoms with E-state index in [1.165, 1.54) is 11.8 Å². The van der Waals surface area contributed by atoms with Gasteiger partial charge in [0, 0.05) is 19.6 Å². The number of imidazole rings is 1. The van der Waals surface area contributed by atoms with Gasteiger partial charge in [0.1, 0.15) is 12.1 Å². The van der Waals surface area contributed by atoms with Gasteiger partial charge in [-0.05, 0) is 17.7 Å². The van der Waals surface area contributed by atoms with E-state index in [1.54, 1.807) is 0 Å². The van der Waals surface area contributed by atoms with Crippen LogP contribution < -0.4 is 5.32 Å². The molecule has 1 aliphatic rings. The van der Waals surface area contributed by atoms with Gasteiger partial charge in [-0.2, -0.15) is 10.4 Å². The number of nitrogens with zero attached hydrogens (tertiary/aromatic N) is 4. The summed E-state index contributed by atoms with van der Waals surface area (Å²) in [7, 11) is 0. The van der Waals surface area contributed by atoms with Crippen molar-refractivity contribution in [1.82, 2.24) is 25.1 Å². The Hall–Kier alpha value is -3.22. The fourth-order valence-corrected chi connectivity index (χ4v) is 3.12. The van der Waals surface area contributed by atoms with Crippen LogP contribution in [0.1, 0.15) is 12.0 Å². The summed E-state index contributed by atoms with van der Waals surface area (Å²) in [5, 5.41) is 18.1. The van der Waals surface area contributed by atoms with Gasteiger partial charge in [0.05, 0.1) is 42.2 Å². The standard InChI is InChI=1S/C18H19N7O2/c19-4-3-16(26)21-15-10-20-24-17(15)18-22-13-2-1-12(9-14(13)23-18)11-25-5-7-27-8-6-25/h1-2,9-10H,3,5-8,11H2,(H,20,24)(H,21,26)(H,22,23). The first-order chi connectivity index (χ1) is 13.2. The van der Waals surface area contributed by atoms with Crippen molar-refractivity contribution in [2.45, 2.75) is 13.0 Å². The predicted molar refractivity (Wildman–Crippen MR) is 98.6 cm³/mol. The van der Waals surface area contributed by atoms with Crippen molar-refractivity contribution in [1.29, 1.82) is 5.26 Å². The zero-order chi connectivity index (χ0) is 18.6. The molecule has 0 bridgehead atoms. The van der Waals surface area contributed by atoms with E-state index >= 15 is 0 Å². The highest BCUT2D eigenvalue weighted by molar-refractivity contribution is 5.95. The summed E-state index contributed by atoms with van der Waals surface area (Å²) in [4.78, 5) is 21.9. The van der Waals surface area contributed by atoms with Crippen molar-refractivity contribution in [3.05, 3.63) is 30.0 Å². The van der Waals surface area contributed by atoms with E-state index in [2.05, 4.69) is 42.5 Å². The highest BCUT2D eigenvalue weighted by Gasteiger charge is 2.15. The third-order valence-electron chi connectivity index (χ3n) is 4.45. The van der Waals surface area contributed by atoms with Crippen molar-refractivity contribution < 1.29 is 9.53 Å². The number of carbonyl (C=O) groups is 1. The average molecular weight is 365 g/mol. The van der Waals surface area contributed by atoms with Crippen LogP contribution in [0.5, 0.6) is 0 Å². The highest BCUT2D eigenvalue weighted by Crippen LogP contribution is 2.26. The van der Waals surface area contributed by atoms with Crippen LogP contribution in [0.15, 0.2) is 24.4 Å². The van der Waals surface area contributed by atoms with Crippen molar-refractivity contribution in [3.63, 3.8) is 0 Å². The summed E-state index contributed by atoms with van der Waals surface area (Å²) in [5.41, 5.74) is 4.01. The molecule has 1 aliphatic heterocycles. The molecule has 9 heteroatoms. The molecule has 27 heavy (non-hydrogen) atoms. The largest absolute Gasteiger partial charge is 0.379 e. The Labute approximate surface area is 155 Å². The lowest BCUT2D eigenvalue weighted by Gasteiger charge is -2.26. The number of carbonyl (C=O) groups excluding carboxylic acids is 1. The lowest BCUT2D eigenvalue weighted by molar-refractivity contribution is -0.115. The first kappa shape index (κ1) is 17.2. The van der Waals surface area contributed by atoms with Gasteiger partial charge in [0.25, 0.3) is 0 Å². The van der Waals surface area contributed by atoms with Crippen LogP contribution in [0, 0.1) is 11.3 Å². The van der Waals surface area contributed by atoms with Gasteiger partial charge in [-0.1, -0.05) is 6.07 Å². The third-order valence-corrected chi connectivity index (χ3v) is 4.45. The number of morpholine rings is 1. The minimum absolute atomic E-state index is 0.213. The molecular weight excluding hydrogens is 346 g/mol. The van der Waals surface area contributed by atoms with Crippen LogP contribution in [-0.4, -0.2) is 57.3 Å². The van der Waals surface area contributed by atoms with E-state index in [0.29, 0.717) is 17.2 Å². The Morgan fingerprint density at radius 2 is 2.22 bits per heavy atom. The molecular formula is C18H19N7O2. The molecule has 3 N–H and O–H groups in total. The lowest BCUT2D eigenvalue weighted by atomic mass is 10.2. The second-order valence-corrected chi connectivity index (χ2v) is 6.37. The smallest absolute Gasteiger partial charge is 0.238 e. The maximum Gasteiger partial charge on any atom is 0.238 e. The summed E-state index contributed by atoms with van der Waals surface area (Å²) in [6, 6.07) is 7.97. The number of ether oxygens (including phenoxy) is 1. The molecule has 138 valence electrons. The van der Waals surface area contributed by atoms with Crippen LogP contribution >= 0.6 is 0 Å². The molecule has 1 saturated heterocycles. The van der Waals surface area contributed by atoms with Crippen molar-refractivity contribution >= 4 is 22.6 Å². The summed E-state index contributed by atoms with van der Waals surface area (Å²) in [6.07, 6.45) is 1.29. The minimum atomic E-state index is -0.385. The average Bonchev–Trinajstić information content (AvgIpc) is 3.28. The minimum Gasteiger partial charge on any atom is -0.379 e. The molecule has 0 unspecified atom stereocenters. The van der Waals surface area contributed by atoms with E-state index in [4.69, 9.17) is 10.00 Å². The molecule has 4 rings (SSSR count).